The zero-order chi connectivity index (χ0) is 7.98. The summed E-state index contributed by atoms with van der Waals surface area (Å²) in [4.78, 5) is 10.3. The average molecular weight is 144 g/mol. The molecule has 0 bridgehead atoms. The van der Waals surface area contributed by atoms with E-state index in [9.17, 15) is 4.79 Å². The first-order chi connectivity index (χ1) is 4.66. The largest absolute Gasteiger partial charge is 0.498 e. The van der Waals surface area contributed by atoms with E-state index >= 15 is 0 Å². The third-order valence-corrected chi connectivity index (χ3v) is 0.816. The first kappa shape index (κ1) is 9.01. The van der Waals surface area contributed by atoms with E-state index in [1.54, 1.807) is 6.92 Å². The Morgan fingerprint density at radius 3 is 2.80 bits per heavy atom. The third kappa shape index (κ3) is 5.15. The Kier molecular flexibility index (Phi) is 4.37. The molecular formula is C7H12O3. The minimum Gasteiger partial charge on any atom is -0.498 e. The molecule has 58 valence electrons. The monoisotopic (exact) mass is 144 g/mol. The number of hydrogen-bond donors (Lipinski definition) is 0. The van der Waals surface area contributed by atoms with E-state index < -0.39 is 0 Å². The summed E-state index contributed by atoms with van der Waals surface area (Å²) in [7, 11) is 0. The molecule has 0 aromatic rings. The van der Waals surface area contributed by atoms with Crippen molar-refractivity contribution < 1.29 is 14.3 Å². The predicted octanol–water partition coefficient (Wildman–Crippen LogP) is 1.10. The average Bonchev–Trinajstić information content (AvgIpc) is 1.82. The SMILES string of the molecule is C=COCC(C)OC(C)=O. The van der Waals surface area contributed by atoms with E-state index in [4.69, 9.17) is 9.47 Å². The van der Waals surface area contributed by atoms with Crippen LogP contribution in [-0.4, -0.2) is 18.7 Å². The van der Waals surface area contributed by atoms with Crippen LogP contribution in [0.25, 0.3) is 0 Å². The van der Waals surface area contributed by atoms with Crippen LogP contribution in [-0.2, 0) is 14.3 Å². The van der Waals surface area contributed by atoms with Crippen molar-refractivity contribution in [1.29, 1.82) is 0 Å². The van der Waals surface area contributed by atoms with Crippen LogP contribution < -0.4 is 0 Å². The molecule has 0 fully saturated rings. The first-order valence-electron chi connectivity index (χ1n) is 3.06. The molecule has 1 unspecified atom stereocenters. The number of carbonyl (C=O) groups excluding carboxylic acids is 1. The summed E-state index contributed by atoms with van der Waals surface area (Å²) in [6.45, 7) is 6.83. The van der Waals surface area contributed by atoms with Crippen LogP contribution in [0.15, 0.2) is 12.8 Å². The Morgan fingerprint density at radius 2 is 2.40 bits per heavy atom. The topological polar surface area (TPSA) is 35.5 Å². The van der Waals surface area contributed by atoms with Gasteiger partial charge < -0.3 is 9.47 Å². The van der Waals surface area contributed by atoms with Gasteiger partial charge in [0.1, 0.15) is 12.7 Å². The lowest BCUT2D eigenvalue weighted by Crippen LogP contribution is -2.17. The number of carbonyl (C=O) groups is 1. The number of hydrogen-bond acceptors (Lipinski definition) is 3. The molecule has 0 aliphatic heterocycles. The van der Waals surface area contributed by atoms with Crippen LogP contribution in [0.4, 0.5) is 0 Å². The van der Waals surface area contributed by atoms with Gasteiger partial charge in [0.2, 0.25) is 0 Å². The fourth-order valence-corrected chi connectivity index (χ4v) is 0.521. The molecule has 3 heteroatoms. The van der Waals surface area contributed by atoms with Crippen molar-refractivity contribution in [1.82, 2.24) is 0 Å². The molecule has 0 aliphatic rings. The van der Waals surface area contributed by atoms with Gasteiger partial charge in [0, 0.05) is 6.92 Å². The highest BCUT2D eigenvalue weighted by atomic mass is 16.6. The highest BCUT2D eigenvalue weighted by Gasteiger charge is 2.03. The Hall–Kier alpha value is -0.990. The van der Waals surface area contributed by atoms with Gasteiger partial charge >= 0.3 is 5.97 Å². The normalized spacial score (nSPS) is 11.8. The molecule has 0 saturated carbocycles. The third-order valence-electron chi connectivity index (χ3n) is 0.816. The molecule has 0 aromatic carbocycles. The molecule has 0 N–H and O–H groups in total. The summed E-state index contributed by atoms with van der Waals surface area (Å²) < 4.78 is 9.52. The van der Waals surface area contributed by atoms with Gasteiger partial charge in [-0.2, -0.15) is 0 Å². The van der Waals surface area contributed by atoms with Gasteiger partial charge in [0.25, 0.3) is 0 Å². The maximum atomic E-state index is 10.3. The maximum Gasteiger partial charge on any atom is 0.303 e. The van der Waals surface area contributed by atoms with Gasteiger partial charge in [-0.05, 0) is 6.92 Å². The lowest BCUT2D eigenvalue weighted by atomic mass is 10.4. The molecule has 10 heavy (non-hydrogen) atoms. The van der Waals surface area contributed by atoms with Gasteiger partial charge in [0.05, 0.1) is 6.26 Å². The summed E-state index contributed by atoms with van der Waals surface area (Å²) in [5.41, 5.74) is 0. The molecule has 0 amide bonds. The van der Waals surface area contributed by atoms with Crippen molar-refractivity contribution in [3.8, 4) is 0 Å². The lowest BCUT2D eigenvalue weighted by Gasteiger charge is -2.09. The first-order valence-corrected chi connectivity index (χ1v) is 3.06. The molecule has 0 spiro atoms. The molecule has 0 aromatic heterocycles. The molecule has 0 rings (SSSR count). The summed E-state index contributed by atoms with van der Waals surface area (Å²) in [6, 6.07) is 0. The molecule has 0 saturated heterocycles. The van der Waals surface area contributed by atoms with E-state index in [0.717, 1.165) is 0 Å². The van der Waals surface area contributed by atoms with Gasteiger partial charge in [-0.15, -0.1) is 0 Å². The number of rotatable bonds is 4. The predicted molar refractivity (Wildman–Crippen MR) is 37.4 cm³/mol. The van der Waals surface area contributed by atoms with Crippen molar-refractivity contribution >= 4 is 5.97 Å². The van der Waals surface area contributed by atoms with Crippen molar-refractivity contribution in [2.45, 2.75) is 20.0 Å². The zero-order valence-electron chi connectivity index (χ0n) is 6.29. The molecule has 0 aliphatic carbocycles. The summed E-state index contributed by atoms with van der Waals surface area (Å²) in [5.74, 6) is -0.292. The van der Waals surface area contributed by atoms with Crippen LogP contribution in [0.3, 0.4) is 0 Å². The minimum atomic E-state index is -0.292. The highest BCUT2D eigenvalue weighted by Crippen LogP contribution is 1.91. The fourth-order valence-electron chi connectivity index (χ4n) is 0.521. The van der Waals surface area contributed by atoms with Gasteiger partial charge in [-0.3, -0.25) is 4.79 Å². The second-order valence-electron chi connectivity index (χ2n) is 1.92. The lowest BCUT2D eigenvalue weighted by molar-refractivity contribution is -0.147. The molecular weight excluding hydrogens is 132 g/mol. The molecule has 0 radical (unpaired) electrons. The van der Waals surface area contributed by atoms with Crippen molar-refractivity contribution in [2.24, 2.45) is 0 Å². The minimum absolute atomic E-state index is 0.199. The quantitative estimate of drug-likeness (QED) is 0.437. The molecule has 0 heterocycles. The number of ether oxygens (including phenoxy) is 2. The zero-order valence-corrected chi connectivity index (χ0v) is 6.29. The van der Waals surface area contributed by atoms with Crippen molar-refractivity contribution in [2.75, 3.05) is 6.61 Å². The van der Waals surface area contributed by atoms with Gasteiger partial charge in [0.15, 0.2) is 0 Å². The smallest absolute Gasteiger partial charge is 0.303 e. The molecule has 3 nitrogen and oxygen atoms in total. The second kappa shape index (κ2) is 4.85. The Balaban J connectivity index is 3.33. The van der Waals surface area contributed by atoms with E-state index in [1.165, 1.54) is 13.2 Å². The Morgan fingerprint density at radius 1 is 1.80 bits per heavy atom. The van der Waals surface area contributed by atoms with Crippen LogP contribution in [0.1, 0.15) is 13.8 Å². The Bertz CT molecular complexity index is 120. The van der Waals surface area contributed by atoms with Crippen molar-refractivity contribution in [3.63, 3.8) is 0 Å². The Labute approximate surface area is 60.6 Å². The van der Waals surface area contributed by atoms with Crippen LogP contribution >= 0.6 is 0 Å². The maximum absolute atomic E-state index is 10.3. The summed E-state index contributed by atoms with van der Waals surface area (Å²) in [5, 5.41) is 0. The van der Waals surface area contributed by atoms with E-state index in [1.807, 2.05) is 0 Å². The van der Waals surface area contributed by atoms with Crippen LogP contribution in [0.5, 0.6) is 0 Å². The van der Waals surface area contributed by atoms with E-state index in [-0.39, 0.29) is 12.1 Å². The van der Waals surface area contributed by atoms with Gasteiger partial charge in [-0.1, -0.05) is 6.58 Å². The van der Waals surface area contributed by atoms with Gasteiger partial charge in [-0.25, -0.2) is 0 Å². The van der Waals surface area contributed by atoms with Crippen LogP contribution in [0, 0.1) is 0 Å². The van der Waals surface area contributed by atoms with Crippen LogP contribution in [0.2, 0.25) is 0 Å². The number of esters is 1. The summed E-state index contributed by atoms with van der Waals surface area (Å²) in [6.07, 6.45) is 1.12. The van der Waals surface area contributed by atoms with E-state index in [0.29, 0.717) is 6.61 Å². The molecule has 1 atom stereocenters. The van der Waals surface area contributed by atoms with E-state index in [2.05, 4.69) is 6.58 Å². The second-order valence-corrected chi connectivity index (χ2v) is 1.92. The van der Waals surface area contributed by atoms with Crippen molar-refractivity contribution in [3.05, 3.63) is 12.8 Å². The standard InChI is InChI=1S/C7H12O3/c1-4-9-5-6(2)10-7(3)8/h4,6H,1,5H2,2-3H3. The summed E-state index contributed by atoms with van der Waals surface area (Å²) >= 11 is 0. The fraction of sp³-hybridized carbons (Fsp3) is 0.571. The highest BCUT2D eigenvalue weighted by molar-refractivity contribution is 5.66.